The monoisotopic (exact) mass is 257 g/mol. The second-order valence-corrected chi connectivity index (χ2v) is 4.79. The van der Waals surface area contributed by atoms with Gasteiger partial charge in [0.05, 0.1) is 0 Å². The highest BCUT2D eigenvalue weighted by atomic mass is 15.0. The van der Waals surface area contributed by atoms with Gasteiger partial charge in [0, 0.05) is 24.5 Å². The molecule has 0 bridgehead atoms. The summed E-state index contributed by atoms with van der Waals surface area (Å²) in [4.78, 5) is 17.2. The minimum atomic E-state index is 0.558. The van der Waals surface area contributed by atoms with Crippen molar-refractivity contribution in [2.75, 3.05) is 11.9 Å². The number of aromatic nitrogens is 4. The van der Waals surface area contributed by atoms with E-state index >= 15 is 0 Å². The van der Waals surface area contributed by atoms with Gasteiger partial charge in [-0.1, -0.05) is 13.8 Å². The normalized spacial score (nSPS) is 10.7. The average Bonchev–Trinajstić information content (AvgIpc) is 2.39. The minimum Gasteiger partial charge on any atom is -0.370 e. The van der Waals surface area contributed by atoms with Crippen LogP contribution in [0.5, 0.6) is 0 Å². The second kappa shape index (κ2) is 6.22. The molecule has 0 aliphatic rings. The first-order chi connectivity index (χ1) is 9.19. The Morgan fingerprint density at radius 2 is 2.11 bits per heavy atom. The lowest BCUT2D eigenvalue weighted by Crippen LogP contribution is -2.06. The molecular formula is C14H19N5. The molecule has 2 rings (SSSR count). The zero-order valence-electron chi connectivity index (χ0n) is 11.6. The van der Waals surface area contributed by atoms with Crippen molar-refractivity contribution < 1.29 is 0 Å². The highest BCUT2D eigenvalue weighted by Crippen LogP contribution is 2.17. The molecule has 0 aliphatic carbocycles. The first-order valence-corrected chi connectivity index (χ1v) is 6.57. The Hall–Kier alpha value is -2.04. The highest BCUT2D eigenvalue weighted by molar-refractivity contribution is 5.52. The fourth-order valence-corrected chi connectivity index (χ4v) is 1.83. The molecule has 0 atom stereocenters. The Balaban J connectivity index is 2.39. The van der Waals surface area contributed by atoms with Crippen molar-refractivity contribution in [2.24, 2.45) is 5.92 Å². The maximum absolute atomic E-state index is 4.58. The van der Waals surface area contributed by atoms with Crippen LogP contribution in [0, 0.1) is 5.92 Å². The van der Waals surface area contributed by atoms with Crippen LogP contribution in [-0.2, 0) is 6.42 Å². The van der Waals surface area contributed by atoms with Gasteiger partial charge in [-0.05, 0) is 25.3 Å². The van der Waals surface area contributed by atoms with E-state index < -0.39 is 0 Å². The molecule has 19 heavy (non-hydrogen) atoms. The van der Waals surface area contributed by atoms with E-state index in [-0.39, 0.29) is 0 Å². The molecule has 100 valence electrons. The van der Waals surface area contributed by atoms with E-state index in [0.717, 1.165) is 30.2 Å². The van der Waals surface area contributed by atoms with Crippen molar-refractivity contribution in [2.45, 2.75) is 27.2 Å². The Kier molecular flexibility index (Phi) is 4.39. The summed E-state index contributed by atoms with van der Waals surface area (Å²) in [5.74, 6) is 2.06. The predicted octanol–water partition coefficient (Wildman–Crippen LogP) is 2.56. The van der Waals surface area contributed by atoms with E-state index in [4.69, 9.17) is 0 Å². The zero-order valence-corrected chi connectivity index (χ0v) is 11.6. The van der Waals surface area contributed by atoms with E-state index in [0.29, 0.717) is 11.7 Å². The van der Waals surface area contributed by atoms with Gasteiger partial charge in [-0.3, -0.25) is 0 Å². The van der Waals surface area contributed by atoms with Crippen molar-refractivity contribution in [3.63, 3.8) is 0 Å². The zero-order chi connectivity index (χ0) is 13.7. The average molecular weight is 257 g/mol. The summed E-state index contributed by atoms with van der Waals surface area (Å²) < 4.78 is 0. The van der Waals surface area contributed by atoms with Crippen LogP contribution in [0.1, 0.15) is 26.5 Å². The maximum Gasteiger partial charge on any atom is 0.180 e. The number of anilines is 1. The van der Waals surface area contributed by atoms with Crippen molar-refractivity contribution in [3.05, 3.63) is 30.4 Å². The Morgan fingerprint density at radius 3 is 2.74 bits per heavy atom. The van der Waals surface area contributed by atoms with E-state index in [9.17, 15) is 0 Å². The highest BCUT2D eigenvalue weighted by Gasteiger charge is 2.08. The van der Waals surface area contributed by atoms with Crippen molar-refractivity contribution in [1.82, 2.24) is 19.9 Å². The summed E-state index contributed by atoms with van der Waals surface area (Å²) in [6.07, 6.45) is 4.15. The van der Waals surface area contributed by atoms with Gasteiger partial charge in [-0.25, -0.2) is 19.9 Å². The van der Waals surface area contributed by atoms with Gasteiger partial charge >= 0.3 is 0 Å². The first-order valence-electron chi connectivity index (χ1n) is 6.57. The fourth-order valence-electron chi connectivity index (χ4n) is 1.83. The smallest absolute Gasteiger partial charge is 0.180 e. The molecule has 1 N–H and O–H groups in total. The maximum atomic E-state index is 4.58. The molecule has 0 spiro atoms. The lowest BCUT2D eigenvalue weighted by molar-refractivity contribution is 0.634. The molecule has 2 aromatic rings. The lowest BCUT2D eigenvalue weighted by Gasteiger charge is -2.10. The third-order valence-corrected chi connectivity index (χ3v) is 2.57. The predicted molar refractivity (Wildman–Crippen MR) is 75.8 cm³/mol. The van der Waals surface area contributed by atoms with Gasteiger partial charge in [-0.2, -0.15) is 0 Å². The van der Waals surface area contributed by atoms with E-state index in [1.165, 1.54) is 6.33 Å². The number of nitrogens with one attached hydrogen (secondary N) is 1. The third-order valence-electron chi connectivity index (χ3n) is 2.57. The van der Waals surface area contributed by atoms with Crippen LogP contribution in [0.2, 0.25) is 0 Å². The second-order valence-electron chi connectivity index (χ2n) is 4.79. The summed E-state index contributed by atoms with van der Waals surface area (Å²) >= 11 is 0. The largest absolute Gasteiger partial charge is 0.370 e. The van der Waals surface area contributed by atoms with Crippen molar-refractivity contribution in [1.29, 1.82) is 0 Å². The van der Waals surface area contributed by atoms with Crippen LogP contribution in [0.15, 0.2) is 24.7 Å². The lowest BCUT2D eigenvalue weighted by atomic mass is 10.1. The van der Waals surface area contributed by atoms with Crippen molar-refractivity contribution in [3.8, 4) is 11.5 Å². The number of hydrogen-bond donors (Lipinski definition) is 1. The van der Waals surface area contributed by atoms with Gasteiger partial charge in [0.15, 0.2) is 5.82 Å². The molecule has 0 radical (unpaired) electrons. The van der Waals surface area contributed by atoms with E-state index in [1.54, 1.807) is 6.20 Å². The van der Waals surface area contributed by atoms with Crippen LogP contribution in [0.25, 0.3) is 11.5 Å². The molecule has 0 saturated heterocycles. The molecule has 0 aromatic carbocycles. The van der Waals surface area contributed by atoms with Crippen LogP contribution in [0.4, 0.5) is 5.82 Å². The number of nitrogens with zero attached hydrogens (tertiary/aromatic N) is 4. The SMILES string of the molecule is CCNc1cc(CC(C)C)nc(-c2ccncn2)n1. The molecule has 2 heterocycles. The molecule has 0 fully saturated rings. The van der Waals surface area contributed by atoms with Gasteiger partial charge in [-0.15, -0.1) is 0 Å². The first kappa shape index (κ1) is 13.4. The van der Waals surface area contributed by atoms with Crippen LogP contribution in [0.3, 0.4) is 0 Å². The fraction of sp³-hybridized carbons (Fsp3) is 0.429. The number of hydrogen-bond acceptors (Lipinski definition) is 5. The molecule has 5 heteroatoms. The molecule has 0 aliphatic heterocycles. The van der Waals surface area contributed by atoms with E-state index in [2.05, 4.69) is 46.0 Å². The quantitative estimate of drug-likeness (QED) is 0.891. The van der Waals surface area contributed by atoms with Crippen molar-refractivity contribution >= 4 is 5.82 Å². The molecule has 0 unspecified atom stereocenters. The molecule has 0 amide bonds. The minimum absolute atomic E-state index is 0.558. The van der Waals surface area contributed by atoms with E-state index in [1.807, 2.05) is 12.1 Å². The van der Waals surface area contributed by atoms with Crippen LogP contribution >= 0.6 is 0 Å². The topological polar surface area (TPSA) is 63.6 Å². The summed E-state index contributed by atoms with van der Waals surface area (Å²) in [5, 5.41) is 3.24. The summed E-state index contributed by atoms with van der Waals surface area (Å²) in [6, 6.07) is 3.83. The van der Waals surface area contributed by atoms with Gasteiger partial charge in [0.25, 0.3) is 0 Å². The molecule has 2 aromatic heterocycles. The van der Waals surface area contributed by atoms with Gasteiger partial charge in [0.1, 0.15) is 17.8 Å². The Morgan fingerprint density at radius 1 is 1.26 bits per heavy atom. The van der Waals surface area contributed by atoms with Crippen LogP contribution in [-0.4, -0.2) is 26.5 Å². The Labute approximate surface area is 113 Å². The van der Waals surface area contributed by atoms with Crippen LogP contribution < -0.4 is 5.32 Å². The summed E-state index contributed by atoms with van der Waals surface area (Å²) in [5.41, 5.74) is 1.79. The van der Waals surface area contributed by atoms with Gasteiger partial charge in [0.2, 0.25) is 0 Å². The molecular weight excluding hydrogens is 238 g/mol. The third kappa shape index (κ3) is 3.71. The van der Waals surface area contributed by atoms with Gasteiger partial charge < -0.3 is 5.32 Å². The molecule has 5 nitrogen and oxygen atoms in total. The summed E-state index contributed by atoms with van der Waals surface area (Å²) in [7, 11) is 0. The summed E-state index contributed by atoms with van der Waals surface area (Å²) in [6.45, 7) is 7.24. The Bertz CT molecular complexity index is 525. The molecule has 0 saturated carbocycles. The standard InChI is InChI=1S/C14H19N5/c1-4-16-13-8-11(7-10(2)3)18-14(19-13)12-5-6-15-9-17-12/h5-6,8-10H,4,7H2,1-3H3,(H,16,18,19). The number of rotatable bonds is 5.